The molecule has 0 fully saturated rings. The molecule has 74 valence electrons. The largest absolute Gasteiger partial charge is 0.324 e. The molecule has 0 radical (unpaired) electrons. The highest BCUT2D eigenvalue weighted by Gasteiger charge is 2.06. The molecule has 0 saturated heterocycles. The van der Waals surface area contributed by atoms with E-state index in [-0.39, 0.29) is 11.9 Å². The van der Waals surface area contributed by atoms with Crippen molar-refractivity contribution in [3.8, 4) is 0 Å². The van der Waals surface area contributed by atoms with Gasteiger partial charge in [-0.3, -0.25) is 4.39 Å². The zero-order chi connectivity index (χ0) is 10.3. The molecule has 13 heavy (non-hydrogen) atoms. The fraction of sp³-hybridized carbons (Fsp3) is 0.400. The number of rotatable bonds is 2. The molecule has 0 amide bonds. The summed E-state index contributed by atoms with van der Waals surface area (Å²) in [6, 6.07) is 6.46. The van der Waals surface area contributed by atoms with Gasteiger partial charge in [0, 0.05) is 11.6 Å². The highest BCUT2D eigenvalue weighted by atomic mass is 19.1. The zero-order valence-corrected chi connectivity index (χ0v) is 7.93. The first-order chi connectivity index (χ1) is 6.25. The maximum Gasteiger partial charge on any atom is 0.127 e. The SMILES string of the molecule is CCC(N)c1ccccc1F.CF. The molecule has 0 bridgehead atoms. The predicted octanol–water partition coefficient (Wildman–Crippen LogP) is 2.82. The van der Waals surface area contributed by atoms with Crippen molar-refractivity contribution in [3.05, 3.63) is 35.6 Å². The van der Waals surface area contributed by atoms with E-state index in [1.165, 1.54) is 6.07 Å². The molecule has 3 heteroatoms. The van der Waals surface area contributed by atoms with Crippen molar-refractivity contribution < 1.29 is 8.78 Å². The van der Waals surface area contributed by atoms with Crippen molar-refractivity contribution in [2.24, 2.45) is 5.73 Å². The fourth-order valence-corrected chi connectivity index (χ4v) is 0.996. The average molecular weight is 187 g/mol. The first-order valence-electron chi connectivity index (χ1n) is 4.13. The molecule has 0 heterocycles. The molecule has 0 aliphatic carbocycles. The van der Waals surface area contributed by atoms with Gasteiger partial charge < -0.3 is 5.73 Å². The van der Waals surface area contributed by atoms with E-state index < -0.39 is 0 Å². The van der Waals surface area contributed by atoms with Gasteiger partial charge in [0.25, 0.3) is 0 Å². The van der Waals surface area contributed by atoms with Gasteiger partial charge in [-0.05, 0) is 12.5 Å². The number of hydrogen-bond donors (Lipinski definition) is 1. The van der Waals surface area contributed by atoms with Crippen molar-refractivity contribution in [2.75, 3.05) is 7.18 Å². The first-order valence-corrected chi connectivity index (χ1v) is 4.13. The molecule has 0 aliphatic heterocycles. The Bertz CT molecular complexity index is 238. The lowest BCUT2D eigenvalue weighted by atomic mass is 10.1. The lowest BCUT2D eigenvalue weighted by Crippen LogP contribution is -2.10. The van der Waals surface area contributed by atoms with E-state index in [2.05, 4.69) is 0 Å². The van der Waals surface area contributed by atoms with E-state index in [0.717, 1.165) is 6.42 Å². The van der Waals surface area contributed by atoms with Gasteiger partial charge in [0.15, 0.2) is 0 Å². The minimum absolute atomic E-state index is 0.170. The molecular formula is C10H15F2N. The fourth-order valence-electron chi connectivity index (χ4n) is 0.996. The van der Waals surface area contributed by atoms with Gasteiger partial charge in [0.1, 0.15) is 5.82 Å². The molecule has 1 nitrogen and oxygen atoms in total. The maximum absolute atomic E-state index is 12.9. The molecule has 1 unspecified atom stereocenters. The van der Waals surface area contributed by atoms with Gasteiger partial charge in [-0.1, -0.05) is 25.1 Å². The lowest BCUT2D eigenvalue weighted by Gasteiger charge is -2.08. The van der Waals surface area contributed by atoms with Crippen LogP contribution >= 0.6 is 0 Å². The van der Waals surface area contributed by atoms with Crippen molar-refractivity contribution in [1.82, 2.24) is 0 Å². The summed E-state index contributed by atoms with van der Waals surface area (Å²) in [5.41, 5.74) is 6.26. The molecule has 1 aromatic rings. The Balaban J connectivity index is 0.000000671. The molecule has 0 saturated carbocycles. The topological polar surface area (TPSA) is 26.0 Å². The average Bonchev–Trinajstić information content (AvgIpc) is 2.20. The van der Waals surface area contributed by atoms with Gasteiger partial charge in [-0.2, -0.15) is 0 Å². The highest BCUT2D eigenvalue weighted by molar-refractivity contribution is 5.20. The summed E-state index contributed by atoms with van der Waals surface area (Å²) in [6.45, 7) is 1.94. The monoisotopic (exact) mass is 187 g/mol. The summed E-state index contributed by atoms with van der Waals surface area (Å²) >= 11 is 0. The second-order valence-electron chi connectivity index (χ2n) is 2.54. The number of alkyl halides is 1. The minimum Gasteiger partial charge on any atom is -0.324 e. The Morgan fingerprint density at radius 3 is 2.31 bits per heavy atom. The minimum atomic E-state index is -0.207. The van der Waals surface area contributed by atoms with Gasteiger partial charge in [-0.15, -0.1) is 0 Å². The van der Waals surface area contributed by atoms with Gasteiger partial charge in [0.05, 0.1) is 7.18 Å². The third-order valence-corrected chi connectivity index (χ3v) is 1.74. The van der Waals surface area contributed by atoms with E-state index >= 15 is 0 Å². The summed E-state index contributed by atoms with van der Waals surface area (Å²) in [5.74, 6) is -0.207. The predicted molar refractivity (Wildman–Crippen MR) is 50.7 cm³/mol. The summed E-state index contributed by atoms with van der Waals surface area (Å²) in [4.78, 5) is 0. The van der Waals surface area contributed by atoms with Crippen LogP contribution in [0.3, 0.4) is 0 Å². The van der Waals surface area contributed by atoms with Crippen LogP contribution in [-0.2, 0) is 0 Å². The van der Waals surface area contributed by atoms with Gasteiger partial charge in [-0.25, -0.2) is 4.39 Å². The van der Waals surface area contributed by atoms with Crippen LogP contribution in [0.5, 0.6) is 0 Å². The Kier molecular flexibility index (Phi) is 6.06. The highest BCUT2D eigenvalue weighted by Crippen LogP contribution is 2.16. The third-order valence-electron chi connectivity index (χ3n) is 1.74. The smallest absolute Gasteiger partial charge is 0.127 e. The number of hydrogen-bond acceptors (Lipinski definition) is 1. The molecule has 1 aromatic carbocycles. The van der Waals surface area contributed by atoms with Crippen LogP contribution in [0.4, 0.5) is 8.78 Å². The Morgan fingerprint density at radius 2 is 1.85 bits per heavy atom. The van der Waals surface area contributed by atoms with E-state index in [1.807, 2.05) is 6.92 Å². The van der Waals surface area contributed by atoms with Crippen molar-refractivity contribution >= 4 is 0 Å². The van der Waals surface area contributed by atoms with E-state index in [1.54, 1.807) is 18.2 Å². The van der Waals surface area contributed by atoms with Crippen molar-refractivity contribution in [1.29, 1.82) is 0 Å². The van der Waals surface area contributed by atoms with Crippen LogP contribution in [0.2, 0.25) is 0 Å². The molecule has 0 aromatic heterocycles. The molecule has 0 aliphatic rings. The molecular weight excluding hydrogens is 172 g/mol. The second kappa shape index (κ2) is 6.54. The molecule has 1 atom stereocenters. The summed E-state index contributed by atoms with van der Waals surface area (Å²) < 4.78 is 22.4. The molecule has 0 spiro atoms. The van der Waals surface area contributed by atoms with E-state index in [4.69, 9.17) is 5.73 Å². The van der Waals surface area contributed by atoms with E-state index in [9.17, 15) is 8.78 Å². The van der Waals surface area contributed by atoms with Crippen LogP contribution in [0.1, 0.15) is 24.9 Å². The van der Waals surface area contributed by atoms with Crippen molar-refractivity contribution in [3.63, 3.8) is 0 Å². The summed E-state index contributed by atoms with van der Waals surface area (Å²) in [6.07, 6.45) is 0.765. The number of nitrogens with two attached hydrogens (primary N) is 1. The standard InChI is InChI=1S/C9H12FN.CH3F/c1-2-9(11)7-5-3-4-6-8(7)10;1-2/h3-6,9H,2,11H2,1H3;1H3. The number of benzene rings is 1. The Hall–Kier alpha value is -0.960. The van der Waals surface area contributed by atoms with Gasteiger partial charge >= 0.3 is 0 Å². The van der Waals surface area contributed by atoms with Crippen LogP contribution < -0.4 is 5.73 Å². The van der Waals surface area contributed by atoms with E-state index in [0.29, 0.717) is 12.7 Å². The lowest BCUT2D eigenvalue weighted by molar-refractivity contribution is 0.575. The maximum atomic E-state index is 12.9. The van der Waals surface area contributed by atoms with Crippen LogP contribution in [-0.4, -0.2) is 7.18 Å². The summed E-state index contributed by atoms with van der Waals surface area (Å²) in [7, 11) is 0.500. The number of halogens is 2. The first kappa shape index (κ1) is 12.0. The zero-order valence-electron chi connectivity index (χ0n) is 7.93. The summed E-state index contributed by atoms with van der Waals surface area (Å²) in [5, 5.41) is 0. The van der Waals surface area contributed by atoms with Crippen LogP contribution in [0, 0.1) is 5.82 Å². The Labute approximate surface area is 77.6 Å². The van der Waals surface area contributed by atoms with Crippen LogP contribution in [0.15, 0.2) is 24.3 Å². The molecule has 2 N–H and O–H groups in total. The second-order valence-corrected chi connectivity index (χ2v) is 2.54. The Morgan fingerprint density at radius 1 is 1.31 bits per heavy atom. The van der Waals surface area contributed by atoms with Crippen LogP contribution in [0.25, 0.3) is 0 Å². The third kappa shape index (κ3) is 3.51. The molecule has 1 rings (SSSR count). The quantitative estimate of drug-likeness (QED) is 0.757. The van der Waals surface area contributed by atoms with Crippen molar-refractivity contribution in [2.45, 2.75) is 19.4 Å². The van der Waals surface area contributed by atoms with Gasteiger partial charge in [0.2, 0.25) is 0 Å². The normalized spacial score (nSPS) is 11.5.